The first-order chi connectivity index (χ1) is 11.6. The number of nitrogens with one attached hydrogen (secondary N) is 1. The van der Waals surface area contributed by atoms with Crippen LogP contribution in [-0.4, -0.2) is 20.6 Å². The molecule has 8 heteroatoms. The van der Waals surface area contributed by atoms with Gasteiger partial charge in [0.05, 0.1) is 4.92 Å². The van der Waals surface area contributed by atoms with Gasteiger partial charge >= 0.3 is 11.2 Å². The Kier molecular flexibility index (Phi) is 4.48. The van der Waals surface area contributed by atoms with Crippen LogP contribution in [0.2, 0.25) is 0 Å². The standard InChI is InChI=1S/C16H14N4O3S/c1-24-10-11-5-7-12(8-6-11)17-15-14(20(22)23)16(21)19-9-3-2-4-13(19)18-15/h2-9,17H,10H2,1H3. The maximum Gasteiger partial charge on any atom is 0.376 e. The van der Waals surface area contributed by atoms with Gasteiger partial charge in [-0.2, -0.15) is 11.8 Å². The van der Waals surface area contributed by atoms with Gasteiger partial charge in [-0.15, -0.1) is 0 Å². The highest BCUT2D eigenvalue weighted by molar-refractivity contribution is 7.97. The van der Waals surface area contributed by atoms with Gasteiger partial charge in [0.1, 0.15) is 5.65 Å². The van der Waals surface area contributed by atoms with Gasteiger partial charge in [0, 0.05) is 17.6 Å². The molecule has 0 aliphatic rings. The van der Waals surface area contributed by atoms with Crippen molar-refractivity contribution < 1.29 is 4.92 Å². The van der Waals surface area contributed by atoms with E-state index in [4.69, 9.17) is 0 Å². The fourth-order valence-corrected chi connectivity index (χ4v) is 2.84. The van der Waals surface area contributed by atoms with Gasteiger partial charge in [0.15, 0.2) is 0 Å². The van der Waals surface area contributed by atoms with Crippen molar-refractivity contribution in [2.24, 2.45) is 0 Å². The molecule has 2 aromatic heterocycles. The average Bonchev–Trinajstić information content (AvgIpc) is 2.57. The van der Waals surface area contributed by atoms with Crippen LogP contribution in [0.25, 0.3) is 5.65 Å². The minimum atomic E-state index is -0.716. The van der Waals surface area contributed by atoms with Crippen LogP contribution in [-0.2, 0) is 5.75 Å². The van der Waals surface area contributed by atoms with E-state index in [1.54, 1.807) is 30.0 Å². The maximum absolute atomic E-state index is 12.4. The monoisotopic (exact) mass is 342 g/mol. The van der Waals surface area contributed by atoms with Gasteiger partial charge in [0.25, 0.3) is 0 Å². The summed E-state index contributed by atoms with van der Waals surface area (Å²) in [4.78, 5) is 27.2. The van der Waals surface area contributed by atoms with Crippen molar-refractivity contribution in [2.45, 2.75) is 5.75 Å². The Morgan fingerprint density at radius 3 is 2.67 bits per heavy atom. The molecule has 2 heterocycles. The lowest BCUT2D eigenvalue weighted by Crippen LogP contribution is -2.20. The number of fused-ring (bicyclic) bond motifs is 1. The highest BCUT2D eigenvalue weighted by atomic mass is 32.2. The van der Waals surface area contributed by atoms with Gasteiger partial charge in [-0.05, 0) is 36.1 Å². The Morgan fingerprint density at radius 1 is 1.25 bits per heavy atom. The van der Waals surface area contributed by atoms with E-state index in [1.807, 2.05) is 30.5 Å². The van der Waals surface area contributed by atoms with Gasteiger partial charge in [0.2, 0.25) is 5.82 Å². The van der Waals surface area contributed by atoms with Crippen LogP contribution in [0.15, 0.2) is 53.5 Å². The number of nitro groups is 1. The quantitative estimate of drug-likeness (QED) is 0.566. The molecule has 3 rings (SSSR count). The summed E-state index contributed by atoms with van der Waals surface area (Å²) in [6.45, 7) is 0. The summed E-state index contributed by atoms with van der Waals surface area (Å²) >= 11 is 1.71. The van der Waals surface area contributed by atoms with Crippen molar-refractivity contribution in [3.05, 3.63) is 74.7 Å². The van der Waals surface area contributed by atoms with Crippen molar-refractivity contribution in [2.75, 3.05) is 11.6 Å². The van der Waals surface area contributed by atoms with Crippen LogP contribution in [0.5, 0.6) is 0 Å². The number of rotatable bonds is 5. The molecule has 0 fully saturated rings. The van der Waals surface area contributed by atoms with E-state index in [1.165, 1.54) is 6.20 Å². The molecule has 1 N–H and O–H groups in total. The van der Waals surface area contributed by atoms with Crippen molar-refractivity contribution in [3.63, 3.8) is 0 Å². The predicted octanol–water partition coefficient (Wildman–Crippen LogP) is 3.21. The second kappa shape index (κ2) is 6.71. The lowest BCUT2D eigenvalue weighted by Gasteiger charge is -2.08. The van der Waals surface area contributed by atoms with Crippen LogP contribution < -0.4 is 10.9 Å². The fraction of sp³-hybridized carbons (Fsp3) is 0.125. The summed E-state index contributed by atoms with van der Waals surface area (Å²) in [7, 11) is 0. The third kappa shape index (κ3) is 3.09. The molecular weight excluding hydrogens is 328 g/mol. The SMILES string of the molecule is CSCc1ccc(Nc2nc3ccccn3c(=O)c2[N+](=O)[O-])cc1. The Hall–Kier alpha value is -2.87. The zero-order valence-corrected chi connectivity index (χ0v) is 13.6. The maximum atomic E-state index is 12.4. The molecule has 24 heavy (non-hydrogen) atoms. The molecule has 7 nitrogen and oxygen atoms in total. The van der Waals surface area contributed by atoms with E-state index in [0.29, 0.717) is 11.3 Å². The first-order valence-corrected chi connectivity index (χ1v) is 8.50. The molecule has 0 amide bonds. The van der Waals surface area contributed by atoms with Gasteiger partial charge in [-0.25, -0.2) is 4.98 Å². The van der Waals surface area contributed by atoms with Crippen molar-refractivity contribution >= 4 is 34.6 Å². The lowest BCUT2D eigenvalue weighted by atomic mass is 10.2. The second-order valence-corrected chi connectivity index (χ2v) is 5.92. The number of thioether (sulfide) groups is 1. The average molecular weight is 342 g/mol. The normalized spacial score (nSPS) is 10.7. The third-order valence-electron chi connectivity index (χ3n) is 3.42. The van der Waals surface area contributed by atoms with Gasteiger partial charge < -0.3 is 5.32 Å². The molecule has 0 saturated carbocycles. The molecule has 0 spiro atoms. The molecule has 122 valence electrons. The minimum absolute atomic E-state index is 0.0613. The Morgan fingerprint density at radius 2 is 2.00 bits per heavy atom. The molecule has 0 bridgehead atoms. The Balaban J connectivity index is 2.06. The molecule has 0 atom stereocenters. The molecule has 0 unspecified atom stereocenters. The molecule has 0 aliphatic heterocycles. The zero-order valence-electron chi connectivity index (χ0n) is 12.8. The third-order valence-corrected chi connectivity index (χ3v) is 4.04. The Labute approximate surface area is 141 Å². The smallest absolute Gasteiger partial charge is 0.334 e. The predicted molar refractivity (Wildman–Crippen MR) is 95.1 cm³/mol. The highest BCUT2D eigenvalue weighted by Crippen LogP contribution is 2.23. The highest BCUT2D eigenvalue weighted by Gasteiger charge is 2.23. The minimum Gasteiger partial charge on any atom is -0.334 e. The summed E-state index contributed by atoms with van der Waals surface area (Å²) < 4.78 is 1.16. The van der Waals surface area contributed by atoms with Crippen LogP contribution in [0.4, 0.5) is 17.2 Å². The van der Waals surface area contributed by atoms with E-state index in [2.05, 4.69) is 10.3 Å². The molecule has 0 aliphatic carbocycles. The lowest BCUT2D eigenvalue weighted by molar-refractivity contribution is -0.385. The zero-order chi connectivity index (χ0) is 17.1. The summed E-state index contributed by atoms with van der Waals surface area (Å²) in [5, 5.41) is 14.2. The second-order valence-electron chi connectivity index (χ2n) is 5.06. The number of pyridine rings is 1. The van der Waals surface area contributed by atoms with Crippen LogP contribution in [0.1, 0.15) is 5.56 Å². The van der Waals surface area contributed by atoms with Crippen molar-refractivity contribution in [1.82, 2.24) is 9.38 Å². The summed E-state index contributed by atoms with van der Waals surface area (Å²) in [6, 6.07) is 12.4. The number of anilines is 2. The van der Waals surface area contributed by atoms with E-state index < -0.39 is 16.2 Å². The number of benzene rings is 1. The number of hydrogen-bond donors (Lipinski definition) is 1. The first kappa shape index (κ1) is 16.0. The summed E-state index contributed by atoms with van der Waals surface area (Å²) in [5.41, 5.74) is 0.831. The summed E-state index contributed by atoms with van der Waals surface area (Å²) in [6.07, 6.45) is 3.47. The molecule has 3 aromatic rings. The van der Waals surface area contributed by atoms with Crippen LogP contribution in [0, 0.1) is 10.1 Å². The number of aromatic nitrogens is 2. The fourth-order valence-electron chi connectivity index (χ4n) is 2.32. The largest absolute Gasteiger partial charge is 0.376 e. The van der Waals surface area contributed by atoms with E-state index in [0.717, 1.165) is 15.7 Å². The van der Waals surface area contributed by atoms with E-state index in [9.17, 15) is 14.9 Å². The van der Waals surface area contributed by atoms with E-state index >= 15 is 0 Å². The van der Waals surface area contributed by atoms with Crippen LogP contribution >= 0.6 is 11.8 Å². The van der Waals surface area contributed by atoms with Crippen molar-refractivity contribution in [3.8, 4) is 0 Å². The van der Waals surface area contributed by atoms with Crippen molar-refractivity contribution in [1.29, 1.82) is 0 Å². The molecule has 0 radical (unpaired) electrons. The van der Waals surface area contributed by atoms with Crippen LogP contribution in [0.3, 0.4) is 0 Å². The Bertz CT molecular complexity index is 954. The van der Waals surface area contributed by atoms with E-state index in [-0.39, 0.29) is 5.82 Å². The molecular formula is C16H14N4O3S. The van der Waals surface area contributed by atoms with Gasteiger partial charge in [-0.1, -0.05) is 18.2 Å². The number of hydrogen-bond acceptors (Lipinski definition) is 6. The van der Waals surface area contributed by atoms with Gasteiger partial charge in [-0.3, -0.25) is 19.3 Å². The summed E-state index contributed by atoms with van der Waals surface area (Å²) in [5.74, 6) is 0.824. The molecule has 1 aromatic carbocycles. The topological polar surface area (TPSA) is 89.5 Å². The number of nitrogens with zero attached hydrogens (tertiary/aromatic N) is 3. The molecule has 0 saturated heterocycles. The first-order valence-electron chi connectivity index (χ1n) is 7.11.